The summed E-state index contributed by atoms with van der Waals surface area (Å²) in [7, 11) is -1.30. The zero-order valence-electron chi connectivity index (χ0n) is 11.9. The molecule has 0 aromatic heterocycles. The fourth-order valence-electron chi connectivity index (χ4n) is 2.40. The summed E-state index contributed by atoms with van der Waals surface area (Å²) in [6.45, 7) is 3.31. The number of carbonyl (C=O) groups is 1. The molecule has 8 heteroatoms. The van der Waals surface area contributed by atoms with Gasteiger partial charge in [-0.2, -0.15) is 4.31 Å². The van der Waals surface area contributed by atoms with Crippen molar-refractivity contribution < 1.29 is 17.9 Å². The van der Waals surface area contributed by atoms with Gasteiger partial charge in [0.25, 0.3) is 0 Å². The Hall–Kier alpha value is -0.700. The monoisotopic (exact) mass is 305 g/mol. The Morgan fingerprint density at radius 2 is 2.00 bits per heavy atom. The number of likely N-dealkylation sites (N-methyl/N-ethyl adjacent to an activating group) is 1. The summed E-state index contributed by atoms with van der Waals surface area (Å²) in [6.07, 6.45) is 1.20. The molecule has 0 aromatic carbocycles. The highest BCUT2D eigenvalue weighted by atomic mass is 32.2. The van der Waals surface area contributed by atoms with E-state index in [0.717, 1.165) is 25.9 Å². The number of hydrogen-bond acceptors (Lipinski definition) is 5. The smallest absolute Gasteiger partial charge is 0.249 e. The molecule has 2 aliphatic heterocycles. The molecule has 0 bridgehead atoms. The van der Waals surface area contributed by atoms with Gasteiger partial charge < -0.3 is 15.0 Å². The summed E-state index contributed by atoms with van der Waals surface area (Å²) in [4.78, 5) is 13.8. The normalized spacial score (nSPS) is 25.8. The topological polar surface area (TPSA) is 79.0 Å². The van der Waals surface area contributed by atoms with Crippen molar-refractivity contribution >= 4 is 15.9 Å². The van der Waals surface area contributed by atoms with Gasteiger partial charge in [0.15, 0.2) is 0 Å². The lowest BCUT2D eigenvalue weighted by Gasteiger charge is -2.31. The summed E-state index contributed by atoms with van der Waals surface area (Å²) in [5.74, 6) is -0.245. The maximum Gasteiger partial charge on any atom is 0.249 e. The van der Waals surface area contributed by atoms with Gasteiger partial charge in [-0.15, -0.1) is 0 Å². The van der Waals surface area contributed by atoms with Crippen LogP contribution in [0.5, 0.6) is 0 Å². The molecule has 0 spiro atoms. The number of hydrogen-bond donors (Lipinski definition) is 1. The number of carbonyl (C=O) groups excluding carboxylic acids is 1. The predicted molar refractivity (Wildman–Crippen MR) is 74.8 cm³/mol. The van der Waals surface area contributed by atoms with E-state index >= 15 is 0 Å². The van der Waals surface area contributed by atoms with Crippen molar-refractivity contribution in [1.82, 2.24) is 14.5 Å². The van der Waals surface area contributed by atoms with E-state index in [1.807, 2.05) is 7.05 Å². The fraction of sp³-hybridized carbons (Fsp3) is 0.917. The molecule has 7 nitrogen and oxygen atoms in total. The van der Waals surface area contributed by atoms with Crippen LogP contribution in [0.3, 0.4) is 0 Å². The highest BCUT2D eigenvalue weighted by molar-refractivity contribution is 7.89. The van der Waals surface area contributed by atoms with Crippen molar-refractivity contribution in [2.45, 2.75) is 18.9 Å². The highest BCUT2D eigenvalue weighted by Crippen LogP contribution is 2.11. The van der Waals surface area contributed by atoms with Gasteiger partial charge >= 0.3 is 0 Å². The van der Waals surface area contributed by atoms with E-state index in [2.05, 4.69) is 10.2 Å². The van der Waals surface area contributed by atoms with Gasteiger partial charge in [-0.25, -0.2) is 8.42 Å². The molecule has 2 fully saturated rings. The van der Waals surface area contributed by atoms with Gasteiger partial charge in [-0.1, -0.05) is 0 Å². The Labute approximate surface area is 120 Å². The molecule has 0 saturated carbocycles. The Balaban J connectivity index is 1.73. The minimum absolute atomic E-state index is 0.0465. The van der Waals surface area contributed by atoms with Gasteiger partial charge in [0.1, 0.15) is 6.10 Å². The number of piperazine rings is 1. The van der Waals surface area contributed by atoms with Crippen molar-refractivity contribution in [2.24, 2.45) is 0 Å². The van der Waals surface area contributed by atoms with Crippen molar-refractivity contribution in [3.05, 3.63) is 0 Å². The maximum atomic E-state index is 12.1. The Kier molecular flexibility index (Phi) is 5.36. The summed E-state index contributed by atoms with van der Waals surface area (Å²) in [5.41, 5.74) is 0. The second-order valence-electron chi connectivity index (χ2n) is 5.31. The lowest BCUT2D eigenvalue weighted by atomic mass is 10.2. The second-order valence-corrected chi connectivity index (χ2v) is 7.40. The third-order valence-electron chi connectivity index (χ3n) is 3.74. The number of nitrogens with one attached hydrogen (secondary N) is 1. The lowest BCUT2D eigenvalue weighted by Crippen LogP contribution is -2.49. The molecule has 1 unspecified atom stereocenters. The van der Waals surface area contributed by atoms with Crippen molar-refractivity contribution in [3.8, 4) is 0 Å². The molecule has 116 valence electrons. The lowest BCUT2D eigenvalue weighted by molar-refractivity contribution is -0.129. The third-order valence-corrected chi connectivity index (χ3v) is 5.61. The second kappa shape index (κ2) is 6.84. The first-order valence-electron chi connectivity index (χ1n) is 7.05. The third kappa shape index (κ3) is 4.15. The van der Waals surface area contributed by atoms with E-state index in [1.54, 1.807) is 0 Å². The van der Waals surface area contributed by atoms with Crippen LogP contribution in [0.2, 0.25) is 0 Å². The molecule has 1 amide bonds. The molecule has 1 N–H and O–H groups in total. The van der Waals surface area contributed by atoms with Crippen LogP contribution in [0.15, 0.2) is 0 Å². The van der Waals surface area contributed by atoms with Crippen LogP contribution in [-0.2, 0) is 19.6 Å². The zero-order chi connectivity index (χ0) is 14.6. The standard InChI is InChI=1S/C12H23N3O4S/c1-14-5-7-15(8-6-14)20(17,18)10-4-13-12(16)11-3-2-9-19-11/h11H,2-10H2,1H3,(H,13,16). The number of nitrogens with zero attached hydrogens (tertiary/aromatic N) is 2. The van der Waals surface area contributed by atoms with E-state index < -0.39 is 16.1 Å². The average Bonchev–Trinajstić information content (AvgIpc) is 2.93. The first-order chi connectivity index (χ1) is 9.49. The largest absolute Gasteiger partial charge is 0.368 e. The molecule has 2 rings (SSSR count). The molecule has 2 aliphatic rings. The molecular formula is C12H23N3O4S. The van der Waals surface area contributed by atoms with Crippen LogP contribution in [-0.4, -0.2) is 81.8 Å². The molecule has 0 radical (unpaired) electrons. The van der Waals surface area contributed by atoms with E-state index in [9.17, 15) is 13.2 Å². The molecule has 2 saturated heterocycles. The zero-order valence-corrected chi connectivity index (χ0v) is 12.7. The van der Waals surface area contributed by atoms with Crippen LogP contribution >= 0.6 is 0 Å². The van der Waals surface area contributed by atoms with Crippen LogP contribution in [0.1, 0.15) is 12.8 Å². The number of amides is 1. The number of rotatable bonds is 5. The van der Waals surface area contributed by atoms with E-state index in [4.69, 9.17) is 4.74 Å². The van der Waals surface area contributed by atoms with Gasteiger partial charge in [0.2, 0.25) is 15.9 Å². The molecule has 20 heavy (non-hydrogen) atoms. The first-order valence-corrected chi connectivity index (χ1v) is 8.65. The molecule has 2 heterocycles. The Bertz CT molecular complexity index is 426. The molecule has 1 atom stereocenters. The Morgan fingerprint density at radius 3 is 2.60 bits per heavy atom. The van der Waals surface area contributed by atoms with Crippen molar-refractivity contribution in [2.75, 3.05) is 52.1 Å². The SMILES string of the molecule is CN1CCN(S(=O)(=O)CCNC(=O)C2CCCO2)CC1. The molecular weight excluding hydrogens is 282 g/mol. The van der Waals surface area contributed by atoms with Gasteiger partial charge in [0, 0.05) is 39.3 Å². The molecule has 0 aromatic rings. The van der Waals surface area contributed by atoms with E-state index in [-0.39, 0.29) is 18.2 Å². The average molecular weight is 305 g/mol. The fourth-order valence-corrected chi connectivity index (χ4v) is 3.73. The number of ether oxygens (including phenoxy) is 1. The van der Waals surface area contributed by atoms with Crippen molar-refractivity contribution in [3.63, 3.8) is 0 Å². The first kappa shape index (κ1) is 15.7. The summed E-state index contributed by atoms with van der Waals surface area (Å²) >= 11 is 0. The van der Waals surface area contributed by atoms with E-state index in [1.165, 1.54) is 4.31 Å². The van der Waals surface area contributed by atoms with Crippen LogP contribution in [0.4, 0.5) is 0 Å². The minimum Gasteiger partial charge on any atom is -0.368 e. The number of sulfonamides is 1. The predicted octanol–water partition coefficient (Wildman–Crippen LogP) is -1.14. The maximum absolute atomic E-state index is 12.1. The van der Waals surface area contributed by atoms with Gasteiger partial charge in [-0.05, 0) is 19.9 Å². The highest BCUT2D eigenvalue weighted by Gasteiger charge is 2.27. The summed E-state index contributed by atoms with van der Waals surface area (Å²) < 4.78 is 31.0. The Morgan fingerprint density at radius 1 is 1.30 bits per heavy atom. The van der Waals surface area contributed by atoms with Crippen LogP contribution in [0, 0.1) is 0 Å². The quantitative estimate of drug-likeness (QED) is 0.694. The minimum atomic E-state index is -3.27. The molecule has 0 aliphatic carbocycles. The van der Waals surface area contributed by atoms with Crippen LogP contribution in [0.25, 0.3) is 0 Å². The summed E-state index contributed by atoms with van der Waals surface area (Å²) in [6, 6.07) is 0. The summed E-state index contributed by atoms with van der Waals surface area (Å²) in [5, 5.41) is 2.65. The van der Waals surface area contributed by atoms with Crippen molar-refractivity contribution in [1.29, 1.82) is 0 Å². The van der Waals surface area contributed by atoms with E-state index in [0.29, 0.717) is 19.7 Å². The van der Waals surface area contributed by atoms with Crippen LogP contribution < -0.4 is 5.32 Å². The van der Waals surface area contributed by atoms with Gasteiger partial charge in [-0.3, -0.25) is 4.79 Å². The van der Waals surface area contributed by atoms with Gasteiger partial charge in [0.05, 0.1) is 5.75 Å².